The minimum atomic E-state index is -3.93. The maximum Gasteiger partial charge on any atom is 0.307 e. The van der Waals surface area contributed by atoms with Gasteiger partial charge in [0.25, 0.3) is 15.9 Å². The minimum absolute atomic E-state index is 0.0196. The molecule has 0 unspecified atom stereocenters. The van der Waals surface area contributed by atoms with E-state index in [2.05, 4.69) is 9.71 Å². The summed E-state index contributed by atoms with van der Waals surface area (Å²) in [5.41, 5.74) is 3.00. The molecule has 3 aromatic rings. The molecule has 8 nitrogen and oxygen atoms in total. The summed E-state index contributed by atoms with van der Waals surface area (Å²) in [6, 6.07) is 15.1. The van der Waals surface area contributed by atoms with Gasteiger partial charge in [0.1, 0.15) is 0 Å². The Balaban J connectivity index is 1.90. The lowest BCUT2D eigenvalue weighted by molar-refractivity contribution is -0.143. The number of ether oxygens (including phenoxy) is 1. The molecule has 0 atom stereocenters. The van der Waals surface area contributed by atoms with Gasteiger partial charge in [-0.25, -0.2) is 8.42 Å². The topological polar surface area (TPSA) is 106 Å². The van der Waals surface area contributed by atoms with Crippen LogP contribution in [0.25, 0.3) is 0 Å². The van der Waals surface area contributed by atoms with Gasteiger partial charge in [-0.3, -0.25) is 19.3 Å². The summed E-state index contributed by atoms with van der Waals surface area (Å²) < 4.78 is 33.6. The van der Waals surface area contributed by atoms with E-state index in [0.29, 0.717) is 11.3 Å². The van der Waals surface area contributed by atoms with Crippen LogP contribution in [-0.2, 0) is 26.1 Å². The van der Waals surface area contributed by atoms with Crippen LogP contribution in [-0.4, -0.2) is 43.3 Å². The minimum Gasteiger partial charge on any atom is -0.466 e. The molecule has 0 saturated heterocycles. The number of carbonyl (C=O) groups excluding carboxylic acids is 2. The molecule has 1 aromatic heterocycles. The molecule has 3 rings (SSSR count). The summed E-state index contributed by atoms with van der Waals surface area (Å²) in [5, 5.41) is 0. The predicted octanol–water partition coefficient (Wildman–Crippen LogP) is 4.09. The molecule has 184 valence electrons. The van der Waals surface area contributed by atoms with Crippen LogP contribution in [0.1, 0.15) is 40.4 Å². The molecular formula is C26H29N3O5S. The molecule has 9 heteroatoms. The molecule has 35 heavy (non-hydrogen) atoms. The Kier molecular flexibility index (Phi) is 8.59. The predicted molar refractivity (Wildman–Crippen MR) is 133 cm³/mol. The van der Waals surface area contributed by atoms with Crippen molar-refractivity contribution in [3.8, 4) is 0 Å². The van der Waals surface area contributed by atoms with Crippen LogP contribution >= 0.6 is 0 Å². The zero-order chi connectivity index (χ0) is 25.4. The number of amides is 1. The van der Waals surface area contributed by atoms with Crippen LogP contribution in [0.3, 0.4) is 0 Å². The molecule has 0 bridgehead atoms. The zero-order valence-corrected chi connectivity index (χ0v) is 20.8. The number of aryl methyl sites for hydroxylation is 2. The van der Waals surface area contributed by atoms with Gasteiger partial charge in [0, 0.05) is 36.7 Å². The van der Waals surface area contributed by atoms with Gasteiger partial charge in [0.15, 0.2) is 0 Å². The highest BCUT2D eigenvalue weighted by Crippen LogP contribution is 2.22. The van der Waals surface area contributed by atoms with Gasteiger partial charge in [0.05, 0.1) is 17.9 Å². The number of hydrogen-bond acceptors (Lipinski definition) is 6. The van der Waals surface area contributed by atoms with E-state index in [4.69, 9.17) is 4.74 Å². The Bertz CT molecular complexity index is 1290. The fourth-order valence-electron chi connectivity index (χ4n) is 3.52. The number of pyridine rings is 1. The highest BCUT2D eigenvalue weighted by Gasteiger charge is 2.23. The number of carbonyl (C=O) groups is 2. The fourth-order valence-corrected chi connectivity index (χ4v) is 4.59. The van der Waals surface area contributed by atoms with Gasteiger partial charge in [0.2, 0.25) is 0 Å². The molecule has 2 aromatic carbocycles. The standard InChI is InChI=1S/C26H29N3O5S/c1-4-34-25(30)12-14-29(18-21-8-6-13-27-17-21)26(31)24-16-23(11-10-20(24)3)35(32,33)28-22-9-5-7-19(2)15-22/h5-11,13,15-17,28H,4,12,14,18H2,1-3H3. The highest BCUT2D eigenvalue weighted by molar-refractivity contribution is 7.92. The van der Waals surface area contributed by atoms with E-state index in [1.165, 1.54) is 17.0 Å². The van der Waals surface area contributed by atoms with E-state index in [1.54, 1.807) is 56.6 Å². The Morgan fingerprint density at radius 3 is 2.54 bits per heavy atom. The van der Waals surface area contributed by atoms with E-state index in [1.807, 2.05) is 19.1 Å². The van der Waals surface area contributed by atoms with Crippen LogP contribution in [0, 0.1) is 13.8 Å². The van der Waals surface area contributed by atoms with Gasteiger partial charge in [-0.15, -0.1) is 0 Å². The Morgan fingerprint density at radius 1 is 1.06 bits per heavy atom. The van der Waals surface area contributed by atoms with Crippen molar-refractivity contribution in [1.29, 1.82) is 0 Å². The SMILES string of the molecule is CCOC(=O)CCN(Cc1cccnc1)C(=O)c1cc(S(=O)(=O)Nc2cccc(C)c2)ccc1C. The average molecular weight is 496 g/mol. The third kappa shape index (κ3) is 7.13. The molecule has 0 radical (unpaired) electrons. The van der Waals surface area contributed by atoms with Crippen molar-refractivity contribution < 1.29 is 22.7 Å². The van der Waals surface area contributed by atoms with Crippen molar-refractivity contribution in [2.75, 3.05) is 17.9 Å². The molecular weight excluding hydrogens is 466 g/mol. The van der Waals surface area contributed by atoms with Gasteiger partial charge < -0.3 is 9.64 Å². The molecule has 1 heterocycles. The summed E-state index contributed by atoms with van der Waals surface area (Å²) in [4.78, 5) is 31.1. The van der Waals surface area contributed by atoms with E-state index in [0.717, 1.165) is 11.1 Å². The van der Waals surface area contributed by atoms with Crippen LogP contribution in [0.5, 0.6) is 0 Å². The number of sulfonamides is 1. The largest absolute Gasteiger partial charge is 0.466 e. The third-order valence-corrected chi connectivity index (χ3v) is 6.67. The second-order valence-electron chi connectivity index (χ2n) is 8.09. The first-order valence-corrected chi connectivity index (χ1v) is 12.7. The Labute approximate surface area is 206 Å². The van der Waals surface area contributed by atoms with Crippen molar-refractivity contribution in [1.82, 2.24) is 9.88 Å². The molecule has 0 aliphatic carbocycles. The lowest BCUT2D eigenvalue weighted by Gasteiger charge is -2.23. The second kappa shape index (κ2) is 11.6. The van der Waals surface area contributed by atoms with Crippen molar-refractivity contribution in [2.24, 2.45) is 0 Å². The number of rotatable bonds is 10. The third-order valence-electron chi connectivity index (χ3n) is 5.29. The fraction of sp³-hybridized carbons (Fsp3) is 0.269. The van der Waals surface area contributed by atoms with Crippen molar-refractivity contribution >= 4 is 27.6 Å². The lowest BCUT2D eigenvalue weighted by atomic mass is 10.1. The molecule has 0 aliphatic rings. The number of anilines is 1. The van der Waals surface area contributed by atoms with Crippen LogP contribution in [0.2, 0.25) is 0 Å². The van der Waals surface area contributed by atoms with Gasteiger partial charge in [-0.1, -0.05) is 24.3 Å². The molecule has 0 spiro atoms. The molecule has 1 amide bonds. The number of aromatic nitrogens is 1. The monoisotopic (exact) mass is 495 g/mol. The molecule has 0 fully saturated rings. The van der Waals surface area contributed by atoms with Crippen LogP contribution < -0.4 is 4.72 Å². The highest BCUT2D eigenvalue weighted by atomic mass is 32.2. The van der Waals surface area contributed by atoms with E-state index < -0.39 is 16.0 Å². The first kappa shape index (κ1) is 25.9. The summed E-state index contributed by atoms with van der Waals surface area (Å²) in [5.74, 6) is -0.796. The van der Waals surface area contributed by atoms with E-state index >= 15 is 0 Å². The first-order chi connectivity index (χ1) is 16.7. The number of benzene rings is 2. The normalized spacial score (nSPS) is 11.1. The summed E-state index contributed by atoms with van der Waals surface area (Å²) in [7, 11) is -3.93. The lowest BCUT2D eigenvalue weighted by Crippen LogP contribution is -2.33. The van der Waals surface area contributed by atoms with Crippen LogP contribution in [0.15, 0.2) is 71.9 Å². The van der Waals surface area contributed by atoms with Gasteiger partial charge in [-0.05, 0) is 67.8 Å². The first-order valence-electron chi connectivity index (χ1n) is 11.2. The van der Waals surface area contributed by atoms with Crippen molar-refractivity contribution in [3.63, 3.8) is 0 Å². The summed E-state index contributed by atoms with van der Waals surface area (Å²) >= 11 is 0. The Hall–Kier alpha value is -3.72. The summed E-state index contributed by atoms with van der Waals surface area (Å²) in [6.07, 6.45) is 3.30. The smallest absolute Gasteiger partial charge is 0.307 e. The second-order valence-corrected chi connectivity index (χ2v) is 9.78. The average Bonchev–Trinajstić information content (AvgIpc) is 2.82. The number of nitrogens with one attached hydrogen (secondary N) is 1. The van der Waals surface area contributed by atoms with Gasteiger partial charge in [-0.2, -0.15) is 0 Å². The molecule has 1 N–H and O–H groups in total. The number of esters is 1. The summed E-state index contributed by atoms with van der Waals surface area (Å²) in [6.45, 7) is 5.91. The zero-order valence-electron chi connectivity index (χ0n) is 20.0. The van der Waals surface area contributed by atoms with Crippen molar-refractivity contribution in [3.05, 3.63) is 89.2 Å². The number of nitrogens with zero attached hydrogens (tertiary/aromatic N) is 2. The maximum atomic E-state index is 13.6. The molecule has 0 aliphatic heterocycles. The van der Waals surface area contributed by atoms with E-state index in [-0.39, 0.29) is 42.5 Å². The quantitative estimate of drug-likeness (QED) is 0.425. The van der Waals surface area contributed by atoms with E-state index in [9.17, 15) is 18.0 Å². The number of hydrogen-bond donors (Lipinski definition) is 1. The van der Waals surface area contributed by atoms with Crippen LogP contribution in [0.4, 0.5) is 5.69 Å². The molecule has 0 saturated carbocycles. The van der Waals surface area contributed by atoms with Gasteiger partial charge >= 0.3 is 5.97 Å². The van der Waals surface area contributed by atoms with Crippen molar-refractivity contribution in [2.45, 2.75) is 38.6 Å². The maximum absolute atomic E-state index is 13.6. The Morgan fingerprint density at radius 2 is 1.86 bits per heavy atom.